The molecule has 2 rings (SSSR count). The van der Waals surface area contributed by atoms with Crippen molar-refractivity contribution >= 4 is 21.8 Å². The Labute approximate surface area is 123 Å². The number of nitrogens with two attached hydrogens (primary N) is 1. The van der Waals surface area contributed by atoms with Crippen molar-refractivity contribution in [2.24, 2.45) is 11.1 Å². The molecule has 0 saturated heterocycles. The molecular weight excluding hydrogens is 304 g/mol. The molecule has 3 nitrogen and oxygen atoms in total. The van der Waals surface area contributed by atoms with Crippen LogP contribution < -0.4 is 5.73 Å². The minimum atomic E-state index is 0.208. The first kappa shape index (κ1) is 14.5. The molecule has 0 unspecified atom stereocenters. The zero-order valence-corrected chi connectivity index (χ0v) is 12.9. The predicted molar refractivity (Wildman–Crippen MR) is 80.8 cm³/mol. The highest BCUT2D eigenvalue weighted by molar-refractivity contribution is 9.10. The molecular formula is C15H21BrN2O. The summed E-state index contributed by atoms with van der Waals surface area (Å²) in [4.78, 5) is 13.9. The average Bonchev–Trinajstić information content (AvgIpc) is 3.16. The second-order valence-electron chi connectivity index (χ2n) is 5.58. The van der Waals surface area contributed by atoms with Gasteiger partial charge >= 0.3 is 0 Å². The van der Waals surface area contributed by atoms with Gasteiger partial charge in [0.15, 0.2) is 0 Å². The molecule has 1 aromatic carbocycles. The summed E-state index contributed by atoms with van der Waals surface area (Å²) in [5.41, 5.74) is 7.17. The van der Waals surface area contributed by atoms with Gasteiger partial charge in [0.2, 0.25) is 5.91 Å². The van der Waals surface area contributed by atoms with Gasteiger partial charge in [-0.15, -0.1) is 0 Å². The third-order valence-electron chi connectivity index (χ3n) is 3.91. The highest BCUT2D eigenvalue weighted by Gasteiger charge is 2.42. The lowest BCUT2D eigenvalue weighted by Gasteiger charge is -2.22. The standard InChI is InChI=1S/C15H21BrN2O/c1-18(11-15(10-17)7-8-15)14(19)6-5-12-3-2-4-13(16)9-12/h2-4,9H,5-8,10-11,17H2,1H3. The second kappa shape index (κ2) is 6.06. The van der Waals surface area contributed by atoms with Gasteiger partial charge in [-0.25, -0.2) is 0 Å². The van der Waals surface area contributed by atoms with Crippen molar-refractivity contribution in [3.63, 3.8) is 0 Å². The number of amides is 1. The molecule has 0 atom stereocenters. The topological polar surface area (TPSA) is 46.3 Å². The average molecular weight is 325 g/mol. The molecule has 104 valence electrons. The van der Waals surface area contributed by atoms with E-state index in [0.717, 1.165) is 30.3 Å². The fourth-order valence-corrected chi connectivity index (χ4v) is 2.78. The maximum atomic E-state index is 12.1. The molecule has 1 saturated carbocycles. The molecule has 1 aromatic rings. The van der Waals surface area contributed by atoms with Crippen LogP contribution in [0.2, 0.25) is 0 Å². The number of hydrogen-bond donors (Lipinski definition) is 1. The van der Waals surface area contributed by atoms with E-state index in [9.17, 15) is 4.79 Å². The molecule has 0 aromatic heterocycles. The van der Waals surface area contributed by atoms with Crippen molar-refractivity contribution in [2.75, 3.05) is 20.1 Å². The monoisotopic (exact) mass is 324 g/mol. The predicted octanol–water partition coefficient (Wildman–Crippen LogP) is 2.58. The Morgan fingerprint density at radius 3 is 2.79 bits per heavy atom. The number of hydrogen-bond acceptors (Lipinski definition) is 2. The first-order valence-corrected chi connectivity index (χ1v) is 7.52. The van der Waals surface area contributed by atoms with E-state index in [4.69, 9.17) is 5.73 Å². The van der Waals surface area contributed by atoms with Crippen LogP contribution in [-0.4, -0.2) is 30.9 Å². The van der Waals surface area contributed by atoms with E-state index in [2.05, 4.69) is 28.1 Å². The molecule has 1 aliphatic carbocycles. The number of carbonyl (C=O) groups is 1. The molecule has 0 spiro atoms. The molecule has 4 heteroatoms. The number of carbonyl (C=O) groups excluding carboxylic acids is 1. The second-order valence-corrected chi connectivity index (χ2v) is 6.50. The highest BCUT2D eigenvalue weighted by atomic mass is 79.9. The Morgan fingerprint density at radius 2 is 2.21 bits per heavy atom. The quantitative estimate of drug-likeness (QED) is 0.874. The Hall–Kier alpha value is -0.870. The van der Waals surface area contributed by atoms with Crippen LogP contribution in [0, 0.1) is 5.41 Å². The Kier molecular flexibility index (Phi) is 4.63. The number of nitrogens with zero attached hydrogens (tertiary/aromatic N) is 1. The molecule has 0 heterocycles. The van der Waals surface area contributed by atoms with Gasteiger partial charge in [0.25, 0.3) is 0 Å². The van der Waals surface area contributed by atoms with Gasteiger partial charge in [0.1, 0.15) is 0 Å². The van der Waals surface area contributed by atoms with Crippen LogP contribution in [0.15, 0.2) is 28.7 Å². The largest absolute Gasteiger partial charge is 0.345 e. The molecule has 19 heavy (non-hydrogen) atoms. The Balaban J connectivity index is 1.81. The van der Waals surface area contributed by atoms with Crippen molar-refractivity contribution in [3.8, 4) is 0 Å². The Morgan fingerprint density at radius 1 is 1.47 bits per heavy atom. The summed E-state index contributed by atoms with van der Waals surface area (Å²) < 4.78 is 1.06. The van der Waals surface area contributed by atoms with Crippen LogP contribution in [0.5, 0.6) is 0 Å². The maximum absolute atomic E-state index is 12.1. The maximum Gasteiger partial charge on any atom is 0.222 e. The molecule has 1 aliphatic rings. The summed E-state index contributed by atoms with van der Waals surface area (Å²) in [6.45, 7) is 1.50. The SMILES string of the molecule is CN(CC1(CN)CC1)C(=O)CCc1cccc(Br)c1. The van der Waals surface area contributed by atoms with Crippen LogP contribution in [-0.2, 0) is 11.2 Å². The normalized spacial score (nSPS) is 16.2. The summed E-state index contributed by atoms with van der Waals surface area (Å²) in [5.74, 6) is 0.208. The zero-order chi connectivity index (χ0) is 13.9. The Bertz CT molecular complexity index is 457. The number of rotatable bonds is 6. The van der Waals surface area contributed by atoms with Gasteiger partial charge in [0.05, 0.1) is 0 Å². The zero-order valence-electron chi connectivity index (χ0n) is 11.4. The van der Waals surface area contributed by atoms with E-state index in [-0.39, 0.29) is 11.3 Å². The van der Waals surface area contributed by atoms with Gasteiger partial charge in [-0.05, 0) is 43.5 Å². The minimum Gasteiger partial charge on any atom is -0.345 e. The molecule has 0 aliphatic heterocycles. The summed E-state index contributed by atoms with van der Waals surface area (Å²) in [5, 5.41) is 0. The smallest absolute Gasteiger partial charge is 0.222 e. The van der Waals surface area contributed by atoms with Crippen molar-refractivity contribution in [2.45, 2.75) is 25.7 Å². The minimum absolute atomic E-state index is 0.208. The van der Waals surface area contributed by atoms with E-state index >= 15 is 0 Å². The van der Waals surface area contributed by atoms with Crippen LogP contribution in [0.25, 0.3) is 0 Å². The van der Waals surface area contributed by atoms with E-state index in [1.807, 2.05) is 24.1 Å². The fraction of sp³-hybridized carbons (Fsp3) is 0.533. The first-order chi connectivity index (χ1) is 9.04. The molecule has 0 bridgehead atoms. The molecule has 0 radical (unpaired) electrons. The summed E-state index contributed by atoms with van der Waals surface area (Å²) >= 11 is 3.45. The van der Waals surface area contributed by atoms with E-state index < -0.39 is 0 Å². The van der Waals surface area contributed by atoms with Crippen molar-refractivity contribution in [1.82, 2.24) is 4.90 Å². The van der Waals surface area contributed by atoms with Crippen LogP contribution in [0.3, 0.4) is 0 Å². The van der Waals surface area contributed by atoms with Crippen LogP contribution >= 0.6 is 15.9 Å². The summed E-state index contributed by atoms with van der Waals surface area (Å²) in [6.07, 6.45) is 3.67. The van der Waals surface area contributed by atoms with E-state index in [0.29, 0.717) is 13.0 Å². The van der Waals surface area contributed by atoms with Gasteiger partial charge in [-0.2, -0.15) is 0 Å². The fourth-order valence-electron chi connectivity index (χ4n) is 2.33. The van der Waals surface area contributed by atoms with E-state index in [1.54, 1.807) is 0 Å². The van der Waals surface area contributed by atoms with Gasteiger partial charge in [-0.1, -0.05) is 28.1 Å². The van der Waals surface area contributed by atoms with Gasteiger partial charge < -0.3 is 10.6 Å². The van der Waals surface area contributed by atoms with Crippen molar-refractivity contribution in [3.05, 3.63) is 34.3 Å². The summed E-state index contributed by atoms with van der Waals surface area (Å²) in [7, 11) is 1.89. The molecule has 2 N–H and O–H groups in total. The molecule has 1 fully saturated rings. The third kappa shape index (κ3) is 4.05. The first-order valence-electron chi connectivity index (χ1n) is 6.73. The lowest BCUT2D eigenvalue weighted by molar-refractivity contribution is -0.130. The van der Waals surface area contributed by atoms with Crippen molar-refractivity contribution < 1.29 is 4.79 Å². The third-order valence-corrected chi connectivity index (χ3v) is 4.40. The van der Waals surface area contributed by atoms with Crippen LogP contribution in [0.4, 0.5) is 0 Å². The van der Waals surface area contributed by atoms with Gasteiger partial charge in [-0.3, -0.25) is 4.79 Å². The highest BCUT2D eigenvalue weighted by Crippen LogP contribution is 2.44. The number of aryl methyl sites for hydroxylation is 1. The lowest BCUT2D eigenvalue weighted by atomic mass is 10.1. The van der Waals surface area contributed by atoms with Crippen molar-refractivity contribution in [1.29, 1.82) is 0 Å². The number of benzene rings is 1. The lowest BCUT2D eigenvalue weighted by Crippen LogP contribution is -2.35. The molecule has 1 amide bonds. The van der Waals surface area contributed by atoms with Crippen LogP contribution in [0.1, 0.15) is 24.8 Å². The van der Waals surface area contributed by atoms with Gasteiger partial charge in [0, 0.05) is 29.9 Å². The summed E-state index contributed by atoms with van der Waals surface area (Å²) in [6, 6.07) is 8.12. The number of halogens is 1. The van der Waals surface area contributed by atoms with E-state index in [1.165, 1.54) is 5.56 Å².